The standard InChI is InChI=1S/C17H27NO3/c1-3-20-16-9-5-8-15(12-18-10-11-19-2)17(16)21-13-14-6-4-7-14/h5,8-9,14,18H,3-4,6-7,10-13H2,1-2H3. The molecule has 1 aromatic rings. The smallest absolute Gasteiger partial charge is 0.165 e. The molecule has 0 heterocycles. The predicted octanol–water partition coefficient (Wildman–Crippen LogP) is 3.00. The first-order valence-corrected chi connectivity index (χ1v) is 7.92. The van der Waals surface area contributed by atoms with Crippen LogP contribution in [0.2, 0.25) is 0 Å². The first kappa shape index (κ1) is 16.1. The molecule has 4 heteroatoms. The number of para-hydroxylation sites is 1. The summed E-state index contributed by atoms with van der Waals surface area (Å²) < 4.78 is 16.9. The lowest BCUT2D eigenvalue weighted by Crippen LogP contribution is -2.22. The number of rotatable bonds is 10. The van der Waals surface area contributed by atoms with Crippen molar-refractivity contribution in [2.24, 2.45) is 5.92 Å². The predicted molar refractivity (Wildman–Crippen MR) is 84.0 cm³/mol. The summed E-state index contributed by atoms with van der Waals surface area (Å²) in [5.74, 6) is 2.47. The van der Waals surface area contributed by atoms with E-state index in [9.17, 15) is 0 Å². The molecule has 0 amide bonds. The van der Waals surface area contributed by atoms with Gasteiger partial charge >= 0.3 is 0 Å². The molecule has 0 saturated heterocycles. The number of nitrogens with one attached hydrogen (secondary N) is 1. The zero-order valence-corrected chi connectivity index (χ0v) is 13.2. The molecule has 1 saturated carbocycles. The maximum atomic E-state index is 6.09. The Morgan fingerprint density at radius 3 is 2.76 bits per heavy atom. The summed E-state index contributed by atoms with van der Waals surface area (Å²) in [7, 11) is 1.71. The van der Waals surface area contributed by atoms with Gasteiger partial charge in [0.2, 0.25) is 0 Å². The molecule has 1 aliphatic carbocycles. The summed E-state index contributed by atoms with van der Waals surface area (Å²) >= 11 is 0. The summed E-state index contributed by atoms with van der Waals surface area (Å²) in [6.45, 7) is 5.76. The molecule has 1 fully saturated rings. The summed E-state index contributed by atoms with van der Waals surface area (Å²) in [5, 5.41) is 3.37. The van der Waals surface area contributed by atoms with Gasteiger partial charge in [0, 0.05) is 25.8 Å². The van der Waals surface area contributed by atoms with Gasteiger partial charge in [0.25, 0.3) is 0 Å². The summed E-state index contributed by atoms with van der Waals surface area (Å²) in [6, 6.07) is 6.10. The van der Waals surface area contributed by atoms with Crippen molar-refractivity contribution in [3.05, 3.63) is 23.8 Å². The Bertz CT molecular complexity index is 418. The van der Waals surface area contributed by atoms with Crippen LogP contribution in [0.25, 0.3) is 0 Å². The van der Waals surface area contributed by atoms with Crippen LogP contribution in [0, 0.1) is 5.92 Å². The van der Waals surface area contributed by atoms with E-state index in [-0.39, 0.29) is 0 Å². The second kappa shape index (κ2) is 8.90. The van der Waals surface area contributed by atoms with E-state index in [4.69, 9.17) is 14.2 Å². The SMILES string of the molecule is CCOc1cccc(CNCCOC)c1OCC1CCC1. The zero-order chi connectivity index (χ0) is 14.9. The average Bonchev–Trinajstić information content (AvgIpc) is 2.44. The van der Waals surface area contributed by atoms with Gasteiger partial charge in [-0.2, -0.15) is 0 Å². The molecule has 0 bridgehead atoms. The minimum Gasteiger partial charge on any atom is -0.490 e. The third kappa shape index (κ3) is 4.90. The molecule has 0 aromatic heterocycles. The highest BCUT2D eigenvalue weighted by atomic mass is 16.5. The topological polar surface area (TPSA) is 39.7 Å². The maximum absolute atomic E-state index is 6.09. The molecule has 118 valence electrons. The maximum Gasteiger partial charge on any atom is 0.165 e. The van der Waals surface area contributed by atoms with Gasteiger partial charge in [-0.05, 0) is 31.7 Å². The molecular weight excluding hydrogens is 266 g/mol. The fraction of sp³-hybridized carbons (Fsp3) is 0.647. The molecule has 1 N–H and O–H groups in total. The van der Waals surface area contributed by atoms with Crippen molar-refractivity contribution in [3.63, 3.8) is 0 Å². The summed E-state index contributed by atoms with van der Waals surface area (Å²) in [6.07, 6.45) is 3.92. The summed E-state index contributed by atoms with van der Waals surface area (Å²) in [5.41, 5.74) is 1.15. The van der Waals surface area contributed by atoms with E-state index in [0.717, 1.165) is 36.8 Å². The van der Waals surface area contributed by atoms with Gasteiger partial charge < -0.3 is 19.5 Å². The van der Waals surface area contributed by atoms with Crippen LogP contribution in [0.1, 0.15) is 31.7 Å². The normalized spacial score (nSPS) is 14.8. The van der Waals surface area contributed by atoms with Crippen LogP contribution in [0.15, 0.2) is 18.2 Å². The quantitative estimate of drug-likeness (QED) is 0.673. The molecule has 4 nitrogen and oxygen atoms in total. The third-order valence-electron chi connectivity index (χ3n) is 3.85. The average molecular weight is 293 g/mol. The lowest BCUT2D eigenvalue weighted by molar-refractivity contribution is 0.172. The van der Waals surface area contributed by atoms with Gasteiger partial charge in [-0.3, -0.25) is 0 Å². The van der Waals surface area contributed by atoms with Gasteiger partial charge in [0.1, 0.15) is 0 Å². The van der Waals surface area contributed by atoms with Crippen LogP contribution in [0.3, 0.4) is 0 Å². The van der Waals surface area contributed by atoms with Crippen molar-refractivity contribution in [3.8, 4) is 11.5 Å². The van der Waals surface area contributed by atoms with Crippen LogP contribution >= 0.6 is 0 Å². The summed E-state index contributed by atoms with van der Waals surface area (Å²) in [4.78, 5) is 0. The van der Waals surface area contributed by atoms with E-state index < -0.39 is 0 Å². The molecule has 21 heavy (non-hydrogen) atoms. The lowest BCUT2D eigenvalue weighted by Gasteiger charge is -2.26. The van der Waals surface area contributed by atoms with Gasteiger partial charge in [0.15, 0.2) is 11.5 Å². The molecule has 0 aliphatic heterocycles. The number of hydrogen-bond acceptors (Lipinski definition) is 4. The zero-order valence-electron chi connectivity index (χ0n) is 13.2. The third-order valence-corrected chi connectivity index (χ3v) is 3.85. The van der Waals surface area contributed by atoms with Crippen LogP contribution < -0.4 is 14.8 Å². The van der Waals surface area contributed by atoms with E-state index >= 15 is 0 Å². The Morgan fingerprint density at radius 2 is 2.10 bits per heavy atom. The van der Waals surface area contributed by atoms with E-state index in [1.54, 1.807) is 7.11 Å². The molecular formula is C17H27NO3. The monoisotopic (exact) mass is 293 g/mol. The second-order valence-corrected chi connectivity index (χ2v) is 5.45. The largest absolute Gasteiger partial charge is 0.490 e. The van der Waals surface area contributed by atoms with Crippen molar-refractivity contribution >= 4 is 0 Å². The Kier molecular flexibility index (Phi) is 6.83. The van der Waals surface area contributed by atoms with Crippen LogP contribution in [-0.2, 0) is 11.3 Å². The van der Waals surface area contributed by atoms with Crippen molar-refractivity contribution in [2.45, 2.75) is 32.7 Å². The molecule has 0 spiro atoms. The highest BCUT2D eigenvalue weighted by Gasteiger charge is 2.20. The Balaban J connectivity index is 1.99. The van der Waals surface area contributed by atoms with Gasteiger partial charge in [-0.1, -0.05) is 18.6 Å². The van der Waals surface area contributed by atoms with E-state index in [1.165, 1.54) is 19.3 Å². The van der Waals surface area contributed by atoms with E-state index in [0.29, 0.717) is 19.1 Å². The molecule has 0 unspecified atom stereocenters. The van der Waals surface area contributed by atoms with Gasteiger partial charge in [0.05, 0.1) is 19.8 Å². The van der Waals surface area contributed by atoms with Crippen molar-refractivity contribution in [2.75, 3.05) is 33.5 Å². The highest BCUT2D eigenvalue weighted by molar-refractivity contribution is 5.46. The van der Waals surface area contributed by atoms with Crippen molar-refractivity contribution < 1.29 is 14.2 Å². The number of benzene rings is 1. The van der Waals surface area contributed by atoms with Gasteiger partial charge in [-0.15, -0.1) is 0 Å². The Hall–Kier alpha value is -1.26. The van der Waals surface area contributed by atoms with Gasteiger partial charge in [-0.25, -0.2) is 0 Å². The van der Waals surface area contributed by atoms with Crippen molar-refractivity contribution in [1.82, 2.24) is 5.32 Å². The molecule has 2 rings (SSSR count). The first-order valence-electron chi connectivity index (χ1n) is 7.92. The Morgan fingerprint density at radius 1 is 1.24 bits per heavy atom. The fourth-order valence-corrected chi connectivity index (χ4v) is 2.39. The highest BCUT2D eigenvalue weighted by Crippen LogP contribution is 2.34. The first-order chi connectivity index (χ1) is 10.3. The fourth-order valence-electron chi connectivity index (χ4n) is 2.39. The number of ether oxygens (including phenoxy) is 3. The molecule has 0 atom stereocenters. The second-order valence-electron chi connectivity index (χ2n) is 5.45. The molecule has 1 aromatic carbocycles. The van der Waals surface area contributed by atoms with Crippen LogP contribution in [0.5, 0.6) is 11.5 Å². The van der Waals surface area contributed by atoms with Crippen LogP contribution in [0.4, 0.5) is 0 Å². The van der Waals surface area contributed by atoms with Crippen molar-refractivity contribution in [1.29, 1.82) is 0 Å². The Labute approximate surface area is 127 Å². The number of hydrogen-bond donors (Lipinski definition) is 1. The van der Waals surface area contributed by atoms with E-state index in [2.05, 4.69) is 11.4 Å². The van der Waals surface area contributed by atoms with Crippen LogP contribution in [-0.4, -0.2) is 33.5 Å². The number of methoxy groups -OCH3 is 1. The molecule has 0 radical (unpaired) electrons. The minimum absolute atomic E-state index is 0.653. The minimum atomic E-state index is 0.653. The lowest BCUT2D eigenvalue weighted by atomic mass is 9.86. The van der Waals surface area contributed by atoms with E-state index in [1.807, 2.05) is 19.1 Å². The molecule has 1 aliphatic rings.